The molecular weight excluding hydrogens is 264 g/mol. The number of anilines is 1. The number of hydrogen-bond donors (Lipinski definition) is 3. The molecule has 1 amide bonds. The van der Waals surface area contributed by atoms with Gasteiger partial charge in [0.05, 0.1) is 0 Å². The molecule has 1 rings (SSSR count). The van der Waals surface area contributed by atoms with E-state index in [1.54, 1.807) is 12.1 Å². The van der Waals surface area contributed by atoms with Gasteiger partial charge in [-0.25, -0.2) is 0 Å². The molecule has 2 unspecified atom stereocenters. The lowest BCUT2D eigenvalue weighted by atomic mass is 10.0. The maximum absolute atomic E-state index is 11.6. The van der Waals surface area contributed by atoms with Crippen molar-refractivity contribution in [3.63, 3.8) is 0 Å². The highest BCUT2D eigenvalue weighted by molar-refractivity contribution is 5.90. The predicted molar refractivity (Wildman–Crippen MR) is 87.5 cm³/mol. The summed E-state index contributed by atoms with van der Waals surface area (Å²) >= 11 is 0. The zero-order valence-electron chi connectivity index (χ0n) is 13.1. The Morgan fingerprint density at radius 2 is 2.14 bits per heavy atom. The smallest absolute Gasteiger partial charge is 0.224 e. The van der Waals surface area contributed by atoms with Crippen LogP contribution in [0.3, 0.4) is 0 Å². The fraction of sp³-hybridized carbons (Fsp3) is 0.471. The fourth-order valence-electron chi connectivity index (χ4n) is 2.26. The molecule has 0 bridgehead atoms. The molecule has 21 heavy (non-hydrogen) atoms. The summed E-state index contributed by atoms with van der Waals surface area (Å²) in [6.07, 6.45) is 4.04. The molecule has 0 aliphatic rings. The van der Waals surface area contributed by atoms with Crippen molar-refractivity contribution in [2.45, 2.75) is 52.1 Å². The van der Waals surface area contributed by atoms with Gasteiger partial charge in [-0.2, -0.15) is 0 Å². The Kier molecular flexibility index (Phi) is 6.96. The number of benzene rings is 1. The van der Waals surface area contributed by atoms with E-state index < -0.39 is 0 Å². The van der Waals surface area contributed by atoms with Gasteiger partial charge in [0.15, 0.2) is 0 Å². The fourth-order valence-corrected chi connectivity index (χ4v) is 2.26. The lowest BCUT2D eigenvalue weighted by Crippen LogP contribution is -2.28. The van der Waals surface area contributed by atoms with Crippen LogP contribution in [0.4, 0.5) is 5.69 Å². The number of amides is 1. The van der Waals surface area contributed by atoms with Crippen molar-refractivity contribution in [1.29, 1.82) is 0 Å². The van der Waals surface area contributed by atoms with Crippen molar-refractivity contribution in [2.75, 3.05) is 5.32 Å². The normalized spacial score (nSPS) is 13.5. The molecule has 0 fully saturated rings. The number of nitrogens with one attached hydrogen (secondary N) is 2. The van der Waals surface area contributed by atoms with E-state index in [-0.39, 0.29) is 23.7 Å². The Labute approximate surface area is 127 Å². The molecule has 0 aliphatic carbocycles. The van der Waals surface area contributed by atoms with Gasteiger partial charge >= 0.3 is 0 Å². The SMILES string of the molecule is C=CCC(C)NC(C)c1cc(NC(=O)CCC)ccc1O. The third-order valence-corrected chi connectivity index (χ3v) is 3.31. The second-order valence-corrected chi connectivity index (χ2v) is 5.39. The summed E-state index contributed by atoms with van der Waals surface area (Å²) in [5.74, 6) is 0.226. The van der Waals surface area contributed by atoms with Crippen molar-refractivity contribution in [2.24, 2.45) is 0 Å². The topological polar surface area (TPSA) is 61.4 Å². The van der Waals surface area contributed by atoms with Crippen LogP contribution in [-0.4, -0.2) is 17.1 Å². The molecule has 116 valence electrons. The summed E-state index contributed by atoms with van der Waals surface area (Å²) < 4.78 is 0. The summed E-state index contributed by atoms with van der Waals surface area (Å²) in [6.45, 7) is 9.76. The van der Waals surface area contributed by atoms with E-state index >= 15 is 0 Å². The summed E-state index contributed by atoms with van der Waals surface area (Å²) in [5.41, 5.74) is 1.49. The van der Waals surface area contributed by atoms with Crippen molar-refractivity contribution in [1.82, 2.24) is 5.32 Å². The summed E-state index contributed by atoms with van der Waals surface area (Å²) in [7, 11) is 0. The van der Waals surface area contributed by atoms with Crippen LogP contribution in [0.1, 0.15) is 51.6 Å². The Bertz CT molecular complexity index is 486. The number of rotatable bonds is 8. The summed E-state index contributed by atoms with van der Waals surface area (Å²) in [4.78, 5) is 11.6. The molecule has 0 saturated carbocycles. The minimum Gasteiger partial charge on any atom is -0.508 e. The van der Waals surface area contributed by atoms with Crippen LogP contribution in [0.2, 0.25) is 0 Å². The maximum atomic E-state index is 11.6. The molecule has 1 aromatic carbocycles. The predicted octanol–water partition coefficient (Wildman–Crippen LogP) is 3.75. The number of phenolic OH excluding ortho intramolecular Hbond substituents is 1. The van der Waals surface area contributed by atoms with Crippen molar-refractivity contribution < 1.29 is 9.90 Å². The van der Waals surface area contributed by atoms with E-state index in [0.29, 0.717) is 12.1 Å². The van der Waals surface area contributed by atoms with Crippen LogP contribution in [0, 0.1) is 0 Å². The summed E-state index contributed by atoms with van der Waals surface area (Å²) in [5, 5.41) is 16.3. The molecule has 0 heterocycles. The van der Waals surface area contributed by atoms with E-state index in [2.05, 4.69) is 24.1 Å². The number of phenols is 1. The number of carbonyl (C=O) groups excluding carboxylic acids is 1. The number of hydrogen-bond acceptors (Lipinski definition) is 3. The Morgan fingerprint density at radius 3 is 2.76 bits per heavy atom. The minimum atomic E-state index is -0.0111. The molecule has 1 aromatic rings. The van der Waals surface area contributed by atoms with E-state index in [1.165, 1.54) is 0 Å². The molecule has 2 atom stereocenters. The standard InChI is InChI=1S/C17H26N2O2/c1-5-7-12(3)18-13(4)15-11-14(9-10-16(15)20)19-17(21)8-6-2/h5,9-13,18,20H,1,6-8H2,2-4H3,(H,19,21). The third kappa shape index (κ3) is 5.60. The van der Waals surface area contributed by atoms with Crippen LogP contribution in [0.5, 0.6) is 5.75 Å². The van der Waals surface area contributed by atoms with Crippen molar-refractivity contribution >= 4 is 11.6 Å². The zero-order valence-corrected chi connectivity index (χ0v) is 13.1. The average molecular weight is 290 g/mol. The first kappa shape index (κ1) is 17.2. The van der Waals surface area contributed by atoms with Gasteiger partial charge in [-0.3, -0.25) is 4.79 Å². The molecule has 4 heteroatoms. The van der Waals surface area contributed by atoms with Gasteiger partial charge in [0.2, 0.25) is 5.91 Å². The minimum absolute atomic E-state index is 0.00484. The maximum Gasteiger partial charge on any atom is 0.224 e. The Morgan fingerprint density at radius 1 is 1.43 bits per heavy atom. The number of carbonyl (C=O) groups is 1. The average Bonchev–Trinajstić information content (AvgIpc) is 2.41. The largest absolute Gasteiger partial charge is 0.508 e. The highest BCUT2D eigenvalue weighted by Gasteiger charge is 2.14. The Hall–Kier alpha value is -1.81. The van der Waals surface area contributed by atoms with E-state index in [0.717, 1.165) is 18.4 Å². The first-order valence-electron chi connectivity index (χ1n) is 7.47. The summed E-state index contributed by atoms with van der Waals surface area (Å²) in [6, 6.07) is 5.42. The number of aromatic hydroxyl groups is 1. The quantitative estimate of drug-likeness (QED) is 0.505. The van der Waals surface area contributed by atoms with Crippen molar-refractivity contribution in [3.8, 4) is 5.75 Å². The first-order chi connectivity index (χ1) is 9.97. The van der Waals surface area contributed by atoms with Crippen LogP contribution in [-0.2, 0) is 4.79 Å². The van der Waals surface area contributed by atoms with E-state index in [4.69, 9.17) is 0 Å². The van der Waals surface area contributed by atoms with Crippen LogP contribution in [0.15, 0.2) is 30.9 Å². The van der Waals surface area contributed by atoms with Gasteiger partial charge in [0, 0.05) is 29.8 Å². The van der Waals surface area contributed by atoms with Crippen LogP contribution < -0.4 is 10.6 Å². The molecule has 0 aromatic heterocycles. The van der Waals surface area contributed by atoms with Crippen molar-refractivity contribution in [3.05, 3.63) is 36.4 Å². The van der Waals surface area contributed by atoms with Gasteiger partial charge < -0.3 is 15.7 Å². The molecule has 0 spiro atoms. The second kappa shape index (κ2) is 8.47. The van der Waals surface area contributed by atoms with E-state index in [1.807, 2.05) is 26.0 Å². The van der Waals surface area contributed by atoms with Gasteiger partial charge in [0.25, 0.3) is 0 Å². The molecule has 3 N–H and O–H groups in total. The molecule has 0 radical (unpaired) electrons. The van der Waals surface area contributed by atoms with Gasteiger partial charge in [-0.1, -0.05) is 13.0 Å². The molecule has 0 saturated heterocycles. The zero-order chi connectivity index (χ0) is 15.8. The van der Waals surface area contributed by atoms with Crippen LogP contribution in [0.25, 0.3) is 0 Å². The second-order valence-electron chi connectivity index (χ2n) is 5.39. The first-order valence-corrected chi connectivity index (χ1v) is 7.47. The lowest BCUT2D eigenvalue weighted by Gasteiger charge is -2.21. The molecule has 0 aliphatic heterocycles. The molecular formula is C17H26N2O2. The van der Waals surface area contributed by atoms with Gasteiger partial charge in [-0.05, 0) is 44.9 Å². The highest BCUT2D eigenvalue weighted by Crippen LogP contribution is 2.27. The molecule has 4 nitrogen and oxygen atoms in total. The highest BCUT2D eigenvalue weighted by atomic mass is 16.3. The Balaban J connectivity index is 2.81. The van der Waals surface area contributed by atoms with Gasteiger partial charge in [0.1, 0.15) is 5.75 Å². The third-order valence-electron chi connectivity index (χ3n) is 3.31. The van der Waals surface area contributed by atoms with Crippen LogP contribution >= 0.6 is 0 Å². The van der Waals surface area contributed by atoms with Gasteiger partial charge in [-0.15, -0.1) is 6.58 Å². The van der Waals surface area contributed by atoms with E-state index in [9.17, 15) is 9.90 Å². The lowest BCUT2D eigenvalue weighted by molar-refractivity contribution is -0.116. The monoisotopic (exact) mass is 290 g/mol.